The summed E-state index contributed by atoms with van der Waals surface area (Å²) in [4.78, 5) is 12.2. The molecule has 0 aliphatic rings. The van der Waals surface area contributed by atoms with Gasteiger partial charge in [-0.15, -0.1) is 11.3 Å². The Morgan fingerprint density at radius 2 is 2.17 bits per heavy atom. The molecule has 2 heterocycles. The van der Waals surface area contributed by atoms with Crippen molar-refractivity contribution in [1.82, 2.24) is 9.88 Å². The zero-order valence-corrected chi connectivity index (χ0v) is 12.0. The predicted molar refractivity (Wildman–Crippen MR) is 78.5 cm³/mol. The van der Waals surface area contributed by atoms with Gasteiger partial charge < -0.3 is 9.88 Å². The Kier molecular flexibility index (Phi) is 3.88. The molecule has 0 aliphatic carbocycles. The number of nitrogens with zero attached hydrogens (tertiary/aromatic N) is 1. The van der Waals surface area contributed by atoms with E-state index in [2.05, 4.69) is 26.1 Å². The van der Waals surface area contributed by atoms with Crippen LogP contribution in [0.3, 0.4) is 0 Å². The summed E-state index contributed by atoms with van der Waals surface area (Å²) >= 11 is 1.61. The van der Waals surface area contributed by atoms with Gasteiger partial charge in [-0.1, -0.05) is 6.92 Å². The van der Waals surface area contributed by atoms with Gasteiger partial charge in [0.15, 0.2) is 0 Å². The molecule has 4 heteroatoms. The van der Waals surface area contributed by atoms with Crippen molar-refractivity contribution >= 4 is 21.4 Å². The van der Waals surface area contributed by atoms with E-state index in [-0.39, 0.29) is 11.1 Å². The number of rotatable bonds is 5. The molecule has 2 aromatic rings. The minimum atomic E-state index is 0.116. The summed E-state index contributed by atoms with van der Waals surface area (Å²) in [5.41, 5.74) is 0.251. The van der Waals surface area contributed by atoms with Crippen LogP contribution in [0.25, 0.3) is 10.1 Å². The smallest absolute Gasteiger partial charge is 0.259 e. The number of aromatic nitrogens is 1. The highest BCUT2D eigenvalue weighted by Gasteiger charge is 2.13. The standard InChI is InChI=1S/C14H20N2OS/c1-4-14(2,3)15-7-9-16-8-5-12-11(13(16)17)6-10-18-12/h5-6,8,10,15H,4,7,9H2,1-3H3. The molecule has 0 saturated heterocycles. The summed E-state index contributed by atoms with van der Waals surface area (Å²) < 4.78 is 2.85. The number of hydrogen-bond acceptors (Lipinski definition) is 3. The second-order valence-corrected chi connectivity index (χ2v) is 6.12. The van der Waals surface area contributed by atoms with Crippen LogP contribution in [-0.4, -0.2) is 16.7 Å². The second kappa shape index (κ2) is 5.24. The SMILES string of the molecule is CCC(C)(C)NCCn1ccc2sccc2c1=O. The lowest BCUT2D eigenvalue weighted by molar-refractivity contribution is 0.367. The molecule has 0 aliphatic heterocycles. The molecule has 0 radical (unpaired) electrons. The molecule has 0 bridgehead atoms. The van der Waals surface area contributed by atoms with Gasteiger partial charge in [0, 0.05) is 29.5 Å². The lowest BCUT2D eigenvalue weighted by Crippen LogP contribution is -2.41. The van der Waals surface area contributed by atoms with E-state index in [1.807, 2.05) is 23.7 Å². The third-order valence-electron chi connectivity index (χ3n) is 3.43. The fraction of sp³-hybridized carbons (Fsp3) is 0.500. The minimum absolute atomic E-state index is 0.116. The van der Waals surface area contributed by atoms with Gasteiger partial charge in [-0.25, -0.2) is 0 Å². The molecular weight excluding hydrogens is 244 g/mol. The molecule has 0 fully saturated rings. The summed E-state index contributed by atoms with van der Waals surface area (Å²) in [6, 6.07) is 3.93. The first-order valence-corrected chi connectivity index (χ1v) is 7.23. The Hall–Kier alpha value is -1.13. The highest BCUT2D eigenvalue weighted by Crippen LogP contribution is 2.16. The van der Waals surface area contributed by atoms with Crippen LogP contribution in [0.1, 0.15) is 27.2 Å². The Labute approximate surface area is 111 Å². The fourth-order valence-electron chi connectivity index (χ4n) is 1.82. The Bertz CT molecular complexity index is 583. The van der Waals surface area contributed by atoms with Crippen LogP contribution in [0.4, 0.5) is 0 Å². The summed E-state index contributed by atoms with van der Waals surface area (Å²) in [5.74, 6) is 0. The van der Waals surface area contributed by atoms with Gasteiger partial charge in [-0.3, -0.25) is 4.79 Å². The van der Waals surface area contributed by atoms with Gasteiger partial charge >= 0.3 is 0 Å². The third kappa shape index (κ3) is 2.82. The summed E-state index contributed by atoms with van der Waals surface area (Å²) in [6.45, 7) is 8.05. The molecule has 2 rings (SSSR count). The lowest BCUT2D eigenvalue weighted by Gasteiger charge is -2.24. The summed E-state index contributed by atoms with van der Waals surface area (Å²) in [7, 11) is 0. The Morgan fingerprint density at radius 1 is 1.39 bits per heavy atom. The number of hydrogen-bond donors (Lipinski definition) is 1. The molecule has 0 amide bonds. The van der Waals surface area contributed by atoms with E-state index in [1.165, 1.54) is 0 Å². The van der Waals surface area contributed by atoms with Crippen molar-refractivity contribution in [2.75, 3.05) is 6.54 Å². The second-order valence-electron chi connectivity index (χ2n) is 5.18. The van der Waals surface area contributed by atoms with E-state index in [9.17, 15) is 4.79 Å². The van der Waals surface area contributed by atoms with Crippen LogP contribution < -0.4 is 10.9 Å². The molecule has 0 saturated carbocycles. The Balaban J connectivity index is 2.08. The quantitative estimate of drug-likeness (QED) is 0.901. The minimum Gasteiger partial charge on any atom is -0.314 e. The molecule has 2 aromatic heterocycles. The summed E-state index contributed by atoms with van der Waals surface area (Å²) in [6.07, 6.45) is 2.97. The van der Waals surface area contributed by atoms with E-state index in [4.69, 9.17) is 0 Å². The van der Waals surface area contributed by atoms with Crippen molar-refractivity contribution in [3.8, 4) is 0 Å². The molecule has 0 spiro atoms. The predicted octanol–water partition coefficient (Wildman–Crippen LogP) is 2.84. The maximum absolute atomic E-state index is 12.2. The first kappa shape index (κ1) is 13.3. The van der Waals surface area contributed by atoms with E-state index in [0.29, 0.717) is 6.54 Å². The van der Waals surface area contributed by atoms with Crippen LogP contribution >= 0.6 is 11.3 Å². The van der Waals surface area contributed by atoms with Crippen LogP contribution in [-0.2, 0) is 6.54 Å². The van der Waals surface area contributed by atoms with Gasteiger partial charge in [0.2, 0.25) is 0 Å². The molecule has 0 aromatic carbocycles. The van der Waals surface area contributed by atoms with Crippen molar-refractivity contribution in [2.45, 2.75) is 39.3 Å². The molecular formula is C14H20N2OS. The van der Waals surface area contributed by atoms with E-state index in [1.54, 1.807) is 15.9 Å². The lowest BCUT2D eigenvalue weighted by atomic mass is 10.0. The van der Waals surface area contributed by atoms with Crippen LogP contribution in [0.15, 0.2) is 28.5 Å². The van der Waals surface area contributed by atoms with Gasteiger partial charge in [0.05, 0.1) is 5.39 Å². The fourth-order valence-corrected chi connectivity index (χ4v) is 2.60. The number of fused-ring (bicyclic) bond motifs is 1. The zero-order valence-electron chi connectivity index (χ0n) is 11.2. The van der Waals surface area contributed by atoms with Crippen molar-refractivity contribution in [1.29, 1.82) is 0 Å². The number of pyridine rings is 1. The highest BCUT2D eigenvalue weighted by atomic mass is 32.1. The number of thiophene rings is 1. The van der Waals surface area contributed by atoms with Crippen molar-refractivity contribution in [3.63, 3.8) is 0 Å². The maximum atomic E-state index is 12.2. The highest BCUT2D eigenvalue weighted by molar-refractivity contribution is 7.17. The van der Waals surface area contributed by atoms with E-state index >= 15 is 0 Å². The van der Waals surface area contributed by atoms with Gasteiger partial charge in [0.25, 0.3) is 5.56 Å². The maximum Gasteiger partial charge on any atom is 0.259 e. The molecule has 0 unspecified atom stereocenters. The van der Waals surface area contributed by atoms with Gasteiger partial charge in [-0.05, 0) is 37.8 Å². The van der Waals surface area contributed by atoms with Crippen LogP contribution in [0.5, 0.6) is 0 Å². The van der Waals surface area contributed by atoms with Gasteiger partial charge in [-0.2, -0.15) is 0 Å². The number of nitrogens with one attached hydrogen (secondary N) is 1. The van der Waals surface area contributed by atoms with Crippen molar-refractivity contribution in [3.05, 3.63) is 34.1 Å². The van der Waals surface area contributed by atoms with Crippen molar-refractivity contribution in [2.24, 2.45) is 0 Å². The average Bonchev–Trinajstić information content (AvgIpc) is 2.81. The molecule has 98 valence electrons. The van der Waals surface area contributed by atoms with Crippen LogP contribution in [0.2, 0.25) is 0 Å². The van der Waals surface area contributed by atoms with Crippen molar-refractivity contribution < 1.29 is 0 Å². The molecule has 3 nitrogen and oxygen atoms in total. The molecule has 1 N–H and O–H groups in total. The molecule has 0 atom stereocenters. The normalized spacial score (nSPS) is 12.2. The molecule has 18 heavy (non-hydrogen) atoms. The Morgan fingerprint density at radius 3 is 2.89 bits per heavy atom. The monoisotopic (exact) mass is 264 g/mol. The zero-order chi connectivity index (χ0) is 13.2. The summed E-state index contributed by atoms with van der Waals surface area (Å²) in [5, 5.41) is 6.27. The largest absolute Gasteiger partial charge is 0.314 e. The third-order valence-corrected chi connectivity index (χ3v) is 4.31. The van der Waals surface area contributed by atoms with E-state index in [0.717, 1.165) is 23.1 Å². The average molecular weight is 264 g/mol. The van der Waals surface area contributed by atoms with Gasteiger partial charge in [0.1, 0.15) is 0 Å². The topological polar surface area (TPSA) is 34.0 Å². The van der Waals surface area contributed by atoms with Crippen LogP contribution in [0, 0.1) is 0 Å². The first-order valence-electron chi connectivity index (χ1n) is 6.35. The van der Waals surface area contributed by atoms with E-state index < -0.39 is 0 Å². The first-order chi connectivity index (χ1) is 8.53.